The third kappa shape index (κ3) is 2.51. The van der Waals surface area contributed by atoms with Crippen LogP contribution in [0.1, 0.15) is 10.4 Å². The molecule has 1 aromatic rings. The highest BCUT2D eigenvalue weighted by Crippen LogP contribution is 2.42. The molecule has 0 fully saturated rings. The molecular weight excluding hydrogens is 246 g/mol. The second-order valence-electron chi connectivity index (χ2n) is 4.81. The molecule has 0 unspecified atom stereocenters. The van der Waals surface area contributed by atoms with Crippen molar-refractivity contribution in [2.24, 2.45) is 5.92 Å². The van der Waals surface area contributed by atoms with Crippen LogP contribution in [0.25, 0.3) is 0 Å². The van der Waals surface area contributed by atoms with Crippen LogP contribution in [0.4, 0.5) is 0 Å². The largest absolute Gasteiger partial charge is 0.493 e. The zero-order valence-corrected chi connectivity index (χ0v) is 11.7. The molecule has 5 heteroatoms. The summed E-state index contributed by atoms with van der Waals surface area (Å²) in [6.45, 7) is 1.04. The quantitative estimate of drug-likeness (QED) is 0.824. The van der Waals surface area contributed by atoms with Gasteiger partial charge in [-0.15, -0.1) is 0 Å². The van der Waals surface area contributed by atoms with Gasteiger partial charge in [0.25, 0.3) is 0 Å². The number of benzene rings is 1. The van der Waals surface area contributed by atoms with E-state index in [9.17, 15) is 4.79 Å². The molecule has 2 rings (SSSR count). The summed E-state index contributed by atoms with van der Waals surface area (Å²) in [5.41, 5.74) is 0.566. The molecule has 0 N–H and O–H groups in total. The van der Waals surface area contributed by atoms with E-state index in [-0.39, 0.29) is 11.7 Å². The Hall–Kier alpha value is -1.75. The van der Waals surface area contributed by atoms with Crippen molar-refractivity contribution in [3.63, 3.8) is 0 Å². The highest BCUT2D eigenvalue weighted by Gasteiger charge is 2.32. The van der Waals surface area contributed by atoms with Gasteiger partial charge < -0.3 is 19.1 Å². The highest BCUT2D eigenvalue weighted by molar-refractivity contribution is 6.02. The fourth-order valence-electron chi connectivity index (χ4n) is 2.29. The number of fused-ring (bicyclic) bond motifs is 1. The van der Waals surface area contributed by atoms with Gasteiger partial charge in [-0.2, -0.15) is 0 Å². The Bertz CT molecular complexity index is 485. The van der Waals surface area contributed by atoms with Crippen LogP contribution in [0.2, 0.25) is 0 Å². The third-order valence-corrected chi connectivity index (χ3v) is 3.15. The monoisotopic (exact) mass is 265 g/mol. The lowest BCUT2D eigenvalue weighted by molar-refractivity contribution is 0.0790. The lowest BCUT2D eigenvalue weighted by Crippen LogP contribution is -2.35. The van der Waals surface area contributed by atoms with Crippen LogP contribution in [0.3, 0.4) is 0 Å². The molecule has 0 spiro atoms. The summed E-state index contributed by atoms with van der Waals surface area (Å²) in [6.07, 6.45) is 0. The van der Waals surface area contributed by atoms with E-state index < -0.39 is 0 Å². The van der Waals surface area contributed by atoms with E-state index in [0.29, 0.717) is 36.0 Å². The molecule has 1 atom stereocenters. The van der Waals surface area contributed by atoms with Crippen molar-refractivity contribution in [2.45, 2.75) is 0 Å². The zero-order valence-electron chi connectivity index (χ0n) is 11.7. The van der Waals surface area contributed by atoms with E-state index in [1.165, 1.54) is 7.11 Å². The fraction of sp³-hybridized carbons (Fsp3) is 0.500. The standard InChI is InChI=1S/C14H19NO4/c1-15(2)7-9-8-19-13-10(12(9)16)5-6-11(17-3)14(13)18-4/h5-6,9H,7-8H2,1-4H3/t9-/m1/s1. The van der Waals surface area contributed by atoms with Crippen molar-refractivity contribution in [1.29, 1.82) is 0 Å². The molecule has 0 saturated heterocycles. The smallest absolute Gasteiger partial charge is 0.204 e. The number of hydrogen-bond acceptors (Lipinski definition) is 5. The number of nitrogens with zero attached hydrogens (tertiary/aromatic N) is 1. The molecule has 0 aliphatic carbocycles. The lowest BCUT2D eigenvalue weighted by Gasteiger charge is -2.27. The number of ketones is 1. The van der Waals surface area contributed by atoms with Crippen molar-refractivity contribution < 1.29 is 19.0 Å². The highest BCUT2D eigenvalue weighted by atomic mass is 16.5. The van der Waals surface area contributed by atoms with Crippen LogP contribution < -0.4 is 14.2 Å². The van der Waals surface area contributed by atoms with Gasteiger partial charge in [-0.05, 0) is 26.2 Å². The van der Waals surface area contributed by atoms with Crippen LogP contribution in [0, 0.1) is 5.92 Å². The number of ether oxygens (including phenoxy) is 3. The first kappa shape index (κ1) is 13.7. The molecule has 19 heavy (non-hydrogen) atoms. The lowest BCUT2D eigenvalue weighted by atomic mass is 9.94. The van der Waals surface area contributed by atoms with E-state index in [1.54, 1.807) is 19.2 Å². The normalized spacial score (nSPS) is 17.9. The molecule has 104 valence electrons. The van der Waals surface area contributed by atoms with E-state index >= 15 is 0 Å². The molecular formula is C14H19NO4. The maximum absolute atomic E-state index is 12.4. The van der Waals surface area contributed by atoms with E-state index in [0.717, 1.165) is 0 Å². The maximum Gasteiger partial charge on any atom is 0.204 e. The molecule has 0 saturated carbocycles. The van der Waals surface area contributed by atoms with Crippen LogP contribution in [-0.4, -0.2) is 52.1 Å². The van der Waals surface area contributed by atoms with Crippen molar-refractivity contribution in [2.75, 3.05) is 41.5 Å². The minimum absolute atomic E-state index is 0.0934. The Labute approximate surface area is 113 Å². The second-order valence-corrected chi connectivity index (χ2v) is 4.81. The van der Waals surface area contributed by atoms with Gasteiger partial charge in [-0.1, -0.05) is 0 Å². The van der Waals surface area contributed by atoms with Gasteiger partial charge in [0.15, 0.2) is 17.3 Å². The predicted molar refractivity (Wildman–Crippen MR) is 71.4 cm³/mol. The first-order chi connectivity index (χ1) is 9.08. The molecule has 1 aliphatic rings. The van der Waals surface area contributed by atoms with Crippen LogP contribution in [-0.2, 0) is 0 Å². The number of rotatable bonds is 4. The van der Waals surface area contributed by atoms with Gasteiger partial charge in [-0.25, -0.2) is 0 Å². The number of hydrogen-bond donors (Lipinski definition) is 0. The van der Waals surface area contributed by atoms with Gasteiger partial charge in [0, 0.05) is 6.54 Å². The molecule has 1 aromatic carbocycles. The molecule has 0 radical (unpaired) electrons. The summed E-state index contributed by atoms with van der Waals surface area (Å²) in [6, 6.07) is 3.47. The average molecular weight is 265 g/mol. The Kier molecular flexibility index (Phi) is 3.95. The Morgan fingerprint density at radius 3 is 2.63 bits per heavy atom. The van der Waals surface area contributed by atoms with Gasteiger partial charge >= 0.3 is 0 Å². The van der Waals surface area contributed by atoms with Gasteiger partial charge in [0.2, 0.25) is 5.75 Å². The van der Waals surface area contributed by atoms with E-state index in [1.807, 2.05) is 19.0 Å². The average Bonchev–Trinajstić information content (AvgIpc) is 2.40. The molecule has 0 bridgehead atoms. The first-order valence-electron chi connectivity index (χ1n) is 6.15. The maximum atomic E-state index is 12.4. The van der Waals surface area contributed by atoms with Gasteiger partial charge in [-0.3, -0.25) is 4.79 Å². The minimum atomic E-state index is -0.138. The van der Waals surface area contributed by atoms with Crippen LogP contribution in [0.15, 0.2) is 12.1 Å². The summed E-state index contributed by atoms with van der Waals surface area (Å²) >= 11 is 0. The second kappa shape index (κ2) is 5.48. The van der Waals surface area contributed by atoms with Crippen LogP contribution >= 0.6 is 0 Å². The van der Waals surface area contributed by atoms with Gasteiger partial charge in [0.05, 0.1) is 32.3 Å². The van der Waals surface area contributed by atoms with E-state index in [2.05, 4.69) is 0 Å². The number of methoxy groups -OCH3 is 2. The number of carbonyl (C=O) groups excluding carboxylic acids is 1. The Morgan fingerprint density at radius 2 is 2.05 bits per heavy atom. The van der Waals surface area contributed by atoms with Crippen molar-refractivity contribution >= 4 is 5.78 Å². The Balaban J connectivity index is 2.38. The van der Waals surface area contributed by atoms with Crippen molar-refractivity contribution in [1.82, 2.24) is 4.90 Å². The summed E-state index contributed by atoms with van der Waals surface area (Å²) in [5, 5.41) is 0. The molecule has 5 nitrogen and oxygen atoms in total. The van der Waals surface area contributed by atoms with Gasteiger partial charge in [0.1, 0.15) is 0 Å². The number of Topliss-reactive ketones (excluding diaryl/α,β-unsaturated/α-hetero) is 1. The first-order valence-corrected chi connectivity index (χ1v) is 6.15. The summed E-state index contributed by atoms with van der Waals surface area (Å²) in [7, 11) is 6.98. The van der Waals surface area contributed by atoms with Crippen molar-refractivity contribution in [3.8, 4) is 17.2 Å². The van der Waals surface area contributed by atoms with Crippen LogP contribution in [0.5, 0.6) is 17.2 Å². The summed E-state index contributed by atoms with van der Waals surface area (Å²) < 4.78 is 16.2. The molecule has 0 aromatic heterocycles. The molecule has 0 amide bonds. The minimum Gasteiger partial charge on any atom is -0.493 e. The van der Waals surface area contributed by atoms with Crippen molar-refractivity contribution in [3.05, 3.63) is 17.7 Å². The summed E-state index contributed by atoms with van der Waals surface area (Å²) in [4.78, 5) is 14.4. The third-order valence-electron chi connectivity index (χ3n) is 3.15. The molecule has 1 aliphatic heterocycles. The Morgan fingerprint density at radius 1 is 1.32 bits per heavy atom. The number of carbonyl (C=O) groups is 1. The predicted octanol–water partition coefficient (Wildman–Crippen LogP) is 1.46. The van der Waals surface area contributed by atoms with E-state index in [4.69, 9.17) is 14.2 Å². The fourth-order valence-corrected chi connectivity index (χ4v) is 2.29. The zero-order chi connectivity index (χ0) is 14.0. The SMILES string of the molecule is COc1ccc2c(c1OC)OC[C@@H](CN(C)C)C2=O. The topological polar surface area (TPSA) is 48.0 Å². The molecule has 1 heterocycles. The summed E-state index contributed by atoms with van der Waals surface area (Å²) in [5.74, 6) is 1.50.